The summed E-state index contributed by atoms with van der Waals surface area (Å²) in [5, 5.41) is 8.85. The molecular weight excluding hydrogens is 270 g/mol. The van der Waals surface area contributed by atoms with E-state index in [1.165, 1.54) is 4.90 Å². The summed E-state index contributed by atoms with van der Waals surface area (Å²) in [5.41, 5.74) is 0. The summed E-state index contributed by atoms with van der Waals surface area (Å²) >= 11 is 0. The summed E-state index contributed by atoms with van der Waals surface area (Å²) in [7, 11) is 0. The van der Waals surface area contributed by atoms with Crippen LogP contribution < -0.4 is 4.90 Å². The lowest BCUT2D eigenvalue weighted by Gasteiger charge is -2.21. The SMILES string of the molecule is OCCN(CCOCC(F)(F)F)c1ncc(F)cn1. The van der Waals surface area contributed by atoms with Crippen LogP contribution >= 0.6 is 0 Å². The van der Waals surface area contributed by atoms with Gasteiger partial charge in [0.1, 0.15) is 6.61 Å². The van der Waals surface area contributed by atoms with Crippen LogP contribution in [0.15, 0.2) is 12.4 Å². The molecule has 0 spiro atoms. The lowest BCUT2D eigenvalue weighted by molar-refractivity contribution is -0.173. The van der Waals surface area contributed by atoms with Gasteiger partial charge in [-0.15, -0.1) is 0 Å². The molecular formula is C10H13F4N3O2. The maximum absolute atomic E-state index is 12.6. The average Bonchev–Trinajstić information content (AvgIpc) is 2.33. The molecule has 1 heterocycles. The van der Waals surface area contributed by atoms with Crippen molar-refractivity contribution in [3.05, 3.63) is 18.2 Å². The van der Waals surface area contributed by atoms with Crippen molar-refractivity contribution in [2.45, 2.75) is 6.18 Å². The van der Waals surface area contributed by atoms with Gasteiger partial charge in [-0.3, -0.25) is 0 Å². The summed E-state index contributed by atoms with van der Waals surface area (Å²) in [6.07, 6.45) is -2.51. The second kappa shape index (κ2) is 7.19. The van der Waals surface area contributed by atoms with E-state index in [1.54, 1.807) is 0 Å². The van der Waals surface area contributed by atoms with Gasteiger partial charge in [-0.05, 0) is 0 Å². The van der Waals surface area contributed by atoms with Gasteiger partial charge in [-0.1, -0.05) is 0 Å². The standard InChI is InChI=1S/C10H13F4N3O2/c11-8-5-15-9(16-6-8)17(1-3-18)2-4-19-7-10(12,13)14/h5-6,18H,1-4,7H2. The number of hydrogen-bond donors (Lipinski definition) is 1. The highest BCUT2D eigenvalue weighted by molar-refractivity contribution is 5.28. The fraction of sp³-hybridized carbons (Fsp3) is 0.600. The van der Waals surface area contributed by atoms with E-state index in [9.17, 15) is 17.6 Å². The third-order valence-electron chi connectivity index (χ3n) is 2.03. The van der Waals surface area contributed by atoms with Gasteiger partial charge in [0.2, 0.25) is 5.95 Å². The van der Waals surface area contributed by atoms with E-state index in [2.05, 4.69) is 14.7 Å². The van der Waals surface area contributed by atoms with E-state index >= 15 is 0 Å². The number of alkyl halides is 3. The molecule has 1 N–H and O–H groups in total. The van der Waals surface area contributed by atoms with Crippen LogP contribution in [0.1, 0.15) is 0 Å². The molecule has 0 aliphatic heterocycles. The van der Waals surface area contributed by atoms with Crippen molar-refractivity contribution in [3.63, 3.8) is 0 Å². The Morgan fingerprint density at radius 2 is 1.84 bits per heavy atom. The largest absolute Gasteiger partial charge is 0.411 e. The molecule has 0 unspecified atom stereocenters. The summed E-state index contributed by atoms with van der Waals surface area (Å²) in [5.74, 6) is -0.507. The van der Waals surface area contributed by atoms with Crippen LogP contribution in [0.5, 0.6) is 0 Å². The van der Waals surface area contributed by atoms with Gasteiger partial charge in [0, 0.05) is 13.1 Å². The molecule has 108 valence electrons. The van der Waals surface area contributed by atoms with E-state index in [0.29, 0.717) is 0 Å². The molecule has 0 aliphatic carbocycles. The summed E-state index contributed by atoms with van der Waals surface area (Å²) in [6.45, 7) is -1.62. The van der Waals surface area contributed by atoms with Gasteiger partial charge < -0.3 is 14.7 Å². The highest BCUT2D eigenvalue weighted by Crippen LogP contribution is 2.14. The van der Waals surface area contributed by atoms with Gasteiger partial charge in [0.25, 0.3) is 0 Å². The molecule has 0 radical (unpaired) electrons. The highest BCUT2D eigenvalue weighted by Gasteiger charge is 2.27. The molecule has 19 heavy (non-hydrogen) atoms. The Balaban J connectivity index is 2.47. The second-order valence-corrected chi connectivity index (χ2v) is 3.58. The predicted molar refractivity (Wildman–Crippen MR) is 58.2 cm³/mol. The number of halogens is 4. The monoisotopic (exact) mass is 283 g/mol. The molecule has 1 aromatic heterocycles. The van der Waals surface area contributed by atoms with Crippen molar-refractivity contribution in [2.75, 3.05) is 37.8 Å². The zero-order chi connectivity index (χ0) is 14.3. The number of rotatable bonds is 7. The molecule has 9 heteroatoms. The quantitative estimate of drug-likeness (QED) is 0.597. The first-order chi connectivity index (χ1) is 8.92. The Hall–Kier alpha value is -1.48. The highest BCUT2D eigenvalue weighted by atomic mass is 19.4. The van der Waals surface area contributed by atoms with E-state index < -0.39 is 18.6 Å². The fourth-order valence-corrected chi connectivity index (χ4v) is 1.26. The van der Waals surface area contributed by atoms with Crippen LogP contribution in [0.25, 0.3) is 0 Å². The Morgan fingerprint density at radius 1 is 1.21 bits per heavy atom. The summed E-state index contributed by atoms with van der Waals surface area (Å²) in [6, 6.07) is 0. The Morgan fingerprint density at radius 3 is 2.37 bits per heavy atom. The second-order valence-electron chi connectivity index (χ2n) is 3.58. The molecule has 0 bridgehead atoms. The van der Waals surface area contributed by atoms with Gasteiger partial charge in [0.05, 0.1) is 25.6 Å². The molecule has 0 saturated heterocycles. The van der Waals surface area contributed by atoms with E-state index in [1.807, 2.05) is 0 Å². The number of aliphatic hydroxyl groups excluding tert-OH is 1. The maximum atomic E-state index is 12.6. The first-order valence-corrected chi connectivity index (χ1v) is 5.40. The summed E-state index contributed by atoms with van der Waals surface area (Å²) in [4.78, 5) is 8.75. The van der Waals surface area contributed by atoms with Crippen LogP contribution in [-0.2, 0) is 4.74 Å². The minimum atomic E-state index is -4.38. The minimum absolute atomic E-state index is 0.0578. The molecule has 0 aliphatic rings. The molecule has 0 fully saturated rings. The van der Waals surface area contributed by atoms with Gasteiger partial charge in [0.15, 0.2) is 5.82 Å². The van der Waals surface area contributed by atoms with Gasteiger partial charge >= 0.3 is 6.18 Å². The predicted octanol–water partition coefficient (Wildman–Crippen LogP) is 0.993. The van der Waals surface area contributed by atoms with E-state index in [4.69, 9.17) is 5.11 Å². The zero-order valence-corrected chi connectivity index (χ0v) is 9.90. The van der Waals surface area contributed by atoms with E-state index in [-0.39, 0.29) is 32.3 Å². The van der Waals surface area contributed by atoms with Crippen molar-refractivity contribution >= 4 is 5.95 Å². The Kier molecular flexibility index (Phi) is 5.90. The van der Waals surface area contributed by atoms with Crippen molar-refractivity contribution in [3.8, 4) is 0 Å². The van der Waals surface area contributed by atoms with Gasteiger partial charge in [-0.25, -0.2) is 14.4 Å². The number of aliphatic hydroxyl groups is 1. The molecule has 0 atom stereocenters. The number of anilines is 1. The van der Waals surface area contributed by atoms with Crippen LogP contribution in [0.2, 0.25) is 0 Å². The molecule has 0 saturated carbocycles. The average molecular weight is 283 g/mol. The Labute approximate surface area is 106 Å². The smallest absolute Gasteiger partial charge is 0.395 e. The minimum Gasteiger partial charge on any atom is -0.395 e. The van der Waals surface area contributed by atoms with Crippen molar-refractivity contribution in [1.29, 1.82) is 0 Å². The lowest BCUT2D eigenvalue weighted by atomic mass is 10.5. The number of ether oxygens (including phenoxy) is 1. The van der Waals surface area contributed by atoms with Crippen molar-refractivity contribution in [2.24, 2.45) is 0 Å². The van der Waals surface area contributed by atoms with Crippen LogP contribution in [-0.4, -0.2) is 54.2 Å². The molecule has 5 nitrogen and oxygen atoms in total. The third kappa shape index (κ3) is 6.30. The van der Waals surface area contributed by atoms with Crippen LogP contribution in [0.3, 0.4) is 0 Å². The number of aromatic nitrogens is 2. The van der Waals surface area contributed by atoms with Gasteiger partial charge in [-0.2, -0.15) is 13.2 Å². The number of nitrogens with zero attached hydrogens (tertiary/aromatic N) is 3. The zero-order valence-electron chi connectivity index (χ0n) is 9.90. The first kappa shape index (κ1) is 15.6. The molecule has 1 aromatic rings. The van der Waals surface area contributed by atoms with Crippen molar-refractivity contribution < 1.29 is 27.4 Å². The molecule has 0 aromatic carbocycles. The maximum Gasteiger partial charge on any atom is 0.411 e. The van der Waals surface area contributed by atoms with Crippen molar-refractivity contribution in [1.82, 2.24) is 9.97 Å². The van der Waals surface area contributed by atoms with Crippen LogP contribution in [0.4, 0.5) is 23.5 Å². The Bertz CT molecular complexity index is 372. The van der Waals surface area contributed by atoms with E-state index in [0.717, 1.165) is 12.4 Å². The first-order valence-electron chi connectivity index (χ1n) is 5.40. The fourth-order valence-electron chi connectivity index (χ4n) is 1.26. The topological polar surface area (TPSA) is 58.5 Å². The lowest BCUT2D eigenvalue weighted by Crippen LogP contribution is -2.32. The normalized spacial score (nSPS) is 11.6. The molecule has 1 rings (SSSR count). The van der Waals surface area contributed by atoms with Crippen LogP contribution in [0, 0.1) is 5.82 Å². The number of hydrogen-bond acceptors (Lipinski definition) is 5. The third-order valence-corrected chi connectivity index (χ3v) is 2.03. The summed E-state index contributed by atoms with van der Waals surface area (Å²) < 4.78 is 52.6. The molecule has 0 amide bonds.